The molecule has 2 heterocycles. The number of methoxy groups -OCH3 is 1. The van der Waals surface area contributed by atoms with Gasteiger partial charge in [-0.3, -0.25) is 14.4 Å². The number of anilines is 1. The second-order valence-corrected chi connectivity index (χ2v) is 10.8. The molecule has 1 saturated heterocycles. The maximum absolute atomic E-state index is 14.7. The van der Waals surface area contributed by atoms with Crippen LogP contribution in [-0.2, 0) is 0 Å². The van der Waals surface area contributed by atoms with E-state index in [0.717, 1.165) is 22.4 Å². The lowest BCUT2D eigenvalue weighted by atomic mass is 9.64. The smallest absolute Gasteiger partial charge is 0.186 e. The minimum atomic E-state index is -1.50. The third kappa shape index (κ3) is 3.18. The molecule has 1 aliphatic carbocycles. The van der Waals surface area contributed by atoms with Crippen molar-refractivity contribution in [1.82, 2.24) is 0 Å². The van der Waals surface area contributed by atoms with Gasteiger partial charge in [0.1, 0.15) is 17.2 Å². The average Bonchev–Trinajstić information content (AvgIpc) is 3.43. The van der Waals surface area contributed by atoms with Crippen molar-refractivity contribution in [2.45, 2.75) is 24.9 Å². The molecule has 4 aromatic rings. The van der Waals surface area contributed by atoms with Crippen LogP contribution in [0.3, 0.4) is 0 Å². The van der Waals surface area contributed by atoms with E-state index in [1.807, 2.05) is 72.5 Å². The SMILES string of the molecule is COc1cccc(C(=O)C2C(c3ccc(C)cc3)C3(C(=O)c4ccccc4C3=O)C3C=Cc4ccccc4N23)c1. The number of carbonyl (C=O) groups excluding carboxylic acids is 3. The van der Waals surface area contributed by atoms with E-state index in [9.17, 15) is 14.4 Å². The van der Waals surface area contributed by atoms with Crippen LogP contribution in [0.4, 0.5) is 5.69 Å². The van der Waals surface area contributed by atoms with E-state index < -0.39 is 23.4 Å². The molecule has 0 amide bonds. The van der Waals surface area contributed by atoms with Crippen molar-refractivity contribution in [3.8, 4) is 5.75 Å². The summed E-state index contributed by atoms with van der Waals surface area (Å²) in [6.07, 6.45) is 3.93. The second-order valence-electron chi connectivity index (χ2n) is 10.8. The van der Waals surface area contributed by atoms with Crippen molar-refractivity contribution in [1.29, 1.82) is 0 Å². The first-order chi connectivity index (χ1) is 19.5. The van der Waals surface area contributed by atoms with Gasteiger partial charge in [0.25, 0.3) is 0 Å². The normalized spacial score (nSPS) is 21.8. The maximum Gasteiger partial charge on any atom is 0.186 e. The summed E-state index contributed by atoms with van der Waals surface area (Å²) in [6.45, 7) is 2.00. The van der Waals surface area contributed by atoms with Gasteiger partial charge >= 0.3 is 0 Å². The van der Waals surface area contributed by atoms with Gasteiger partial charge in [0.15, 0.2) is 17.3 Å². The zero-order chi connectivity index (χ0) is 27.6. The van der Waals surface area contributed by atoms with E-state index in [0.29, 0.717) is 22.4 Å². The Morgan fingerprint density at radius 3 is 2.20 bits per heavy atom. The van der Waals surface area contributed by atoms with Crippen LogP contribution in [-0.4, -0.2) is 36.5 Å². The first-order valence-corrected chi connectivity index (χ1v) is 13.5. The molecule has 3 atom stereocenters. The predicted molar refractivity (Wildman–Crippen MR) is 154 cm³/mol. The quantitative estimate of drug-likeness (QED) is 0.231. The first-order valence-electron chi connectivity index (χ1n) is 13.5. The molecule has 0 saturated carbocycles. The fourth-order valence-corrected chi connectivity index (χ4v) is 7.01. The Morgan fingerprint density at radius 1 is 0.825 bits per heavy atom. The molecule has 5 heteroatoms. The molecule has 0 radical (unpaired) electrons. The molecule has 1 spiro atoms. The van der Waals surface area contributed by atoms with Gasteiger partial charge in [0.2, 0.25) is 0 Å². The van der Waals surface area contributed by atoms with Gasteiger partial charge in [-0.2, -0.15) is 0 Å². The lowest BCUT2D eigenvalue weighted by molar-refractivity contribution is 0.0666. The highest BCUT2D eigenvalue weighted by Crippen LogP contribution is 2.61. The standard InChI is InChI=1S/C35H27NO4/c1-21-14-16-23(17-15-21)30-31(32(37)24-9-7-10-25(20-24)40-2)36-28-13-6-3-8-22(28)18-19-29(36)35(30)33(38)26-11-4-5-12-27(26)34(35)39/h3-20,29-31H,1-2H3. The second kappa shape index (κ2) is 8.88. The van der Waals surface area contributed by atoms with Gasteiger partial charge in [-0.15, -0.1) is 0 Å². The Bertz CT molecular complexity index is 1700. The van der Waals surface area contributed by atoms with Crippen LogP contribution in [0.15, 0.2) is 103 Å². The van der Waals surface area contributed by atoms with Crippen LogP contribution >= 0.6 is 0 Å². The van der Waals surface area contributed by atoms with Crippen molar-refractivity contribution in [3.63, 3.8) is 0 Å². The number of fused-ring (bicyclic) bond motifs is 5. The number of Topliss-reactive ketones (excluding diaryl/α,β-unsaturated/α-hetero) is 3. The Hall–Kier alpha value is -4.77. The predicted octanol–water partition coefficient (Wildman–Crippen LogP) is 6.32. The van der Waals surface area contributed by atoms with Gasteiger partial charge in [0.05, 0.1) is 13.2 Å². The van der Waals surface area contributed by atoms with Crippen LogP contribution in [0.25, 0.3) is 6.08 Å². The zero-order valence-corrected chi connectivity index (χ0v) is 22.2. The highest BCUT2D eigenvalue weighted by molar-refractivity contribution is 6.32. The molecule has 1 fully saturated rings. The number of carbonyl (C=O) groups is 3. The summed E-state index contributed by atoms with van der Waals surface area (Å²) < 4.78 is 5.44. The van der Waals surface area contributed by atoms with E-state index in [1.165, 1.54) is 0 Å². The van der Waals surface area contributed by atoms with E-state index in [-0.39, 0.29) is 17.3 Å². The molecule has 0 bridgehead atoms. The molecule has 7 rings (SSSR count). The van der Waals surface area contributed by atoms with Crippen molar-refractivity contribution >= 4 is 29.1 Å². The van der Waals surface area contributed by atoms with E-state index >= 15 is 0 Å². The number of hydrogen-bond acceptors (Lipinski definition) is 5. The summed E-state index contributed by atoms with van der Waals surface area (Å²) >= 11 is 0. The molecular weight excluding hydrogens is 498 g/mol. The van der Waals surface area contributed by atoms with Crippen molar-refractivity contribution < 1.29 is 19.1 Å². The number of aryl methyl sites for hydroxylation is 1. The summed E-state index contributed by atoms with van der Waals surface area (Å²) in [5.41, 5.74) is 3.45. The van der Waals surface area contributed by atoms with Crippen molar-refractivity contribution in [2.75, 3.05) is 12.0 Å². The fraction of sp³-hybridized carbons (Fsp3) is 0.171. The van der Waals surface area contributed by atoms with Gasteiger partial charge < -0.3 is 9.64 Å². The molecule has 0 aromatic heterocycles. The topological polar surface area (TPSA) is 63.7 Å². The summed E-state index contributed by atoms with van der Waals surface area (Å²) in [5.74, 6) is -0.758. The summed E-state index contributed by atoms with van der Waals surface area (Å²) in [4.78, 5) is 46.0. The number of para-hydroxylation sites is 1. The molecule has 196 valence electrons. The maximum atomic E-state index is 14.7. The van der Waals surface area contributed by atoms with Crippen LogP contribution in [0.1, 0.15) is 53.7 Å². The Kier molecular flexibility index (Phi) is 5.39. The first kappa shape index (κ1) is 24.3. The van der Waals surface area contributed by atoms with Gasteiger partial charge in [0, 0.05) is 28.3 Å². The zero-order valence-electron chi connectivity index (χ0n) is 22.2. The molecule has 2 aliphatic heterocycles. The molecule has 5 nitrogen and oxygen atoms in total. The lowest BCUT2D eigenvalue weighted by Gasteiger charge is -2.37. The highest BCUT2D eigenvalue weighted by atomic mass is 16.5. The number of rotatable bonds is 4. The number of benzene rings is 4. The van der Waals surface area contributed by atoms with Crippen molar-refractivity contribution in [2.24, 2.45) is 5.41 Å². The van der Waals surface area contributed by atoms with Gasteiger partial charge in [-0.1, -0.05) is 96.6 Å². The molecule has 0 N–H and O–H groups in total. The number of ether oxygens (including phenoxy) is 1. The summed E-state index contributed by atoms with van der Waals surface area (Å²) in [5, 5.41) is 0. The molecular formula is C35H27NO4. The number of ketones is 3. The highest BCUT2D eigenvalue weighted by Gasteiger charge is 2.71. The Labute approximate surface area is 232 Å². The lowest BCUT2D eigenvalue weighted by Crippen LogP contribution is -2.48. The van der Waals surface area contributed by atoms with E-state index in [4.69, 9.17) is 4.74 Å². The van der Waals surface area contributed by atoms with Crippen LogP contribution < -0.4 is 9.64 Å². The van der Waals surface area contributed by atoms with E-state index in [2.05, 4.69) is 0 Å². The van der Waals surface area contributed by atoms with E-state index in [1.54, 1.807) is 55.6 Å². The minimum Gasteiger partial charge on any atom is -0.497 e. The van der Waals surface area contributed by atoms with Gasteiger partial charge in [-0.25, -0.2) is 0 Å². The minimum absolute atomic E-state index is 0.159. The summed E-state index contributed by atoms with van der Waals surface area (Å²) in [7, 11) is 1.57. The molecule has 3 unspecified atom stereocenters. The molecule has 4 aromatic carbocycles. The number of nitrogens with zero attached hydrogens (tertiary/aromatic N) is 1. The molecule has 3 aliphatic rings. The molecule has 40 heavy (non-hydrogen) atoms. The van der Waals surface area contributed by atoms with Crippen molar-refractivity contribution in [3.05, 3.63) is 137 Å². The largest absolute Gasteiger partial charge is 0.497 e. The Morgan fingerprint density at radius 2 is 1.50 bits per heavy atom. The van der Waals surface area contributed by atoms with Crippen LogP contribution in [0.5, 0.6) is 5.75 Å². The van der Waals surface area contributed by atoms with Crippen LogP contribution in [0.2, 0.25) is 0 Å². The van der Waals surface area contributed by atoms with Crippen LogP contribution in [0, 0.1) is 12.3 Å². The Balaban J connectivity index is 1.54. The third-order valence-corrected chi connectivity index (χ3v) is 8.77. The number of hydrogen-bond donors (Lipinski definition) is 0. The monoisotopic (exact) mass is 525 g/mol. The average molecular weight is 526 g/mol. The van der Waals surface area contributed by atoms with Gasteiger partial charge in [-0.05, 0) is 36.2 Å². The third-order valence-electron chi connectivity index (χ3n) is 8.77. The summed E-state index contributed by atoms with van der Waals surface area (Å²) in [6, 6.07) is 28.4. The fourth-order valence-electron chi connectivity index (χ4n) is 7.01.